The molecule has 0 heterocycles. The van der Waals surface area contributed by atoms with Crippen LogP contribution in [0.1, 0.15) is 20.8 Å². The first-order valence-corrected chi connectivity index (χ1v) is 4.21. The van der Waals surface area contributed by atoms with Crippen molar-refractivity contribution in [3.8, 4) is 0 Å². The van der Waals surface area contributed by atoms with Gasteiger partial charge in [-0.05, 0) is 25.8 Å². The zero-order valence-corrected chi connectivity index (χ0v) is 7.87. The van der Waals surface area contributed by atoms with Crippen molar-refractivity contribution >= 4 is 17.9 Å². The van der Waals surface area contributed by atoms with Crippen LogP contribution in [0.3, 0.4) is 0 Å². The van der Waals surface area contributed by atoms with Crippen molar-refractivity contribution in [2.24, 2.45) is 0 Å². The lowest BCUT2D eigenvalue weighted by Gasteiger charge is -1.98. The normalized spacial score (nSPS) is 12.1. The molecule has 3 heteroatoms. The predicted octanol–water partition coefficient (Wildman–Crippen LogP) is 2.25. The van der Waals surface area contributed by atoms with E-state index in [4.69, 9.17) is 0 Å². The molecule has 2 nitrogen and oxygen atoms in total. The zero-order chi connectivity index (χ0) is 8.69. The van der Waals surface area contributed by atoms with Crippen LogP contribution < -0.4 is 4.72 Å². The largest absolute Gasteiger partial charge is 0.297 e. The number of carbonyl (C=O) groups excluding carboxylic acids is 1. The molecule has 62 valence electrons. The van der Waals surface area contributed by atoms with Crippen molar-refractivity contribution in [1.82, 2.24) is 4.72 Å². The van der Waals surface area contributed by atoms with Gasteiger partial charge in [-0.1, -0.05) is 18.2 Å². The van der Waals surface area contributed by atoms with Crippen LogP contribution in [0.2, 0.25) is 0 Å². The minimum atomic E-state index is -0.0248. The molecule has 0 radical (unpaired) electrons. The van der Waals surface area contributed by atoms with Gasteiger partial charge in [-0.3, -0.25) is 9.52 Å². The molecule has 0 bridgehead atoms. The number of amides is 1. The fraction of sp³-hybridized carbons (Fsp3) is 0.375. The van der Waals surface area contributed by atoms with Crippen LogP contribution >= 0.6 is 11.9 Å². The third kappa shape index (κ3) is 7.19. The summed E-state index contributed by atoms with van der Waals surface area (Å²) in [5.41, 5.74) is 0. The van der Waals surface area contributed by atoms with Crippen molar-refractivity contribution in [3.63, 3.8) is 0 Å². The summed E-state index contributed by atoms with van der Waals surface area (Å²) in [6.07, 6.45) is 5.82. The molecule has 0 unspecified atom stereocenters. The molecule has 0 aliphatic rings. The zero-order valence-electron chi connectivity index (χ0n) is 7.05. The van der Waals surface area contributed by atoms with Crippen LogP contribution in [-0.4, -0.2) is 5.91 Å². The third-order valence-electron chi connectivity index (χ3n) is 0.879. The van der Waals surface area contributed by atoms with E-state index in [2.05, 4.69) is 4.72 Å². The Kier molecular flexibility index (Phi) is 5.65. The number of hydrogen-bond donors (Lipinski definition) is 1. The van der Waals surface area contributed by atoms with Crippen LogP contribution in [0.4, 0.5) is 0 Å². The van der Waals surface area contributed by atoms with E-state index in [0.717, 1.165) is 4.91 Å². The van der Waals surface area contributed by atoms with E-state index in [1.54, 1.807) is 0 Å². The van der Waals surface area contributed by atoms with E-state index in [-0.39, 0.29) is 5.91 Å². The highest BCUT2D eigenvalue weighted by Crippen LogP contribution is 2.09. The highest BCUT2D eigenvalue weighted by atomic mass is 32.2. The van der Waals surface area contributed by atoms with Gasteiger partial charge in [0.15, 0.2) is 0 Å². The van der Waals surface area contributed by atoms with E-state index in [9.17, 15) is 4.79 Å². The number of allylic oxidation sites excluding steroid dienone is 4. The summed E-state index contributed by atoms with van der Waals surface area (Å²) in [5.74, 6) is -0.0248. The lowest BCUT2D eigenvalue weighted by atomic mass is 10.5. The number of hydrogen-bond acceptors (Lipinski definition) is 2. The van der Waals surface area contributed by atoms with Gasteiger partial charge < -0.3 is 0 Å². The van der Waals surface area contributed by atoms with Gasteiger partial charge in [0.2, 0.25) is 5.91 Å². The van der Waals surface area contributed by atoms with Crippen molar-refractivity contribution in [1.29, 1.82) is 0 Å². The average molecular weight is 171 g/mol. The van der Waals surface area contributed by atoms with Gasteiger partial charge in [-0.25, -0.2) is 0 Å². The molecule has 0 saturated heterocycles. The Morgan fingerprint density at radius 3 is 2.55 bits per heavy atom. The van der Waals surface area contributed by atoms with Gasteiger partial charge in [0.25, 0.3) is 0 Å². The molecule has 1 N–H and O–H groups in total. The summed E-state index contributed by atoms with van der Waals surface area (Å²) < 4.78 is 2.63. The van der Waals surface area contributed by atoms with E-state index in [0.29, 0.717) is 0 Å². The Bertz CT molecular complexity index is 185. The Hall–Kier alpha value is -0.700. The smallest absolute Gasteiger partial charge is 0.226 e. The van der Waals surface area contributed by atoms with Crippen LogP contribution in [0.5, 0.6) is 0 Å². The molecule has 0 aromatic rings. The molecule has 11 heavy (non-hydrogen) atoms. The fourth-order valence-electron chi connectivity index (χ4n) is 0.418. The maximum absolute atomic E-state index is 10.4. The SMILES string of the molecule is C/C=C\C=C(/C)SNC(C)=O. The van der Waals surface area contributed by atoms with Crippen LogP contribution in [0.25, 0.3) is 0 Å². The van der Waals surface area contributed by atoms with Crippen molar-refractivity contribution in [2.45, 2.75) is 20.8 Å². The molecule has 0 rings (SSSR count). The molecule has 0 atom stereocenters. The van der Waals surface area contributed by atoms with Crippen LogP contribution in [-0.2, 0) is 4.79 Å². The second-order valence-corrected chi connectivity index (χ2v) is 3.12. The topological polar surface area (TPSA) is 29.1 Å². The quantitative estimate of drug-likeness (QED) is 0.521. The molecule has 1 amide bonds. The summed E-state index contributed by atoms with van der Waals surface area (Å²) in [7, 11) is 0. The first-order valence-electron chi connectivity index (χ1n) is 3.40. The molecular formula is C8H13NOS. The van der Waals surface area contributed by atoms with E-state index >= 15 is 0 Å². The Balaban J connectivity index is 3.68. The average Bonchev–Trinajstić information content (AvgIpc) is 1.97. The standard InChI is InChI=1S/C8H13NOS/c1-4-5-6-7(2)11-9-8(3)10/h4-6H,1-3H3,(H,9,10)/b5-4-,7-6+. The molecule has 0 aromatic carbocycles. The van der Waals surface area contributed by atoms with Crippen molar-refractivity contribution in [3.05, 3.63) is 23.1 Å². The maximum atomic E-state index is 10.4. The van der Waals surface area contributed by atoms with Gasteiger partial charge in [0, 0.05) is 11.8 Å². The summed E-state index contributed by atoms with van der Waals surface area (Å²) in [4.78, 5) is 11.5. The monoisotopic (exact) mass is 171 g/mol. The minimum absolute atomic E-state index is 0.0248. The Morgan fingerprint density at radius 2 is 2.09 bits per heavy atom. The van der Waals surface area contributed by atoms with E-state index < -0.39 is 0 Å². The highest BCUT2D eigenvalue weighted by molar-refractivity contribution is 8.01. The number of rotatable bonds is 3. The molecule has 0 fully saturated rings. The van der Waals surface area contributed by atoms with Crippen LogP contribution in [0.15, 0.2) is 23.1 Å². The third-order valence-corrected chi connectivity index (χ3v) is 1.73. The van der Waals surface area contributed by atoms with Crippen LogP contribution in [0, 0.1) is 0 Å². The summed E-state index contributed by atoms with van der Waals surface area (Å²) in [6.45, 7) is 5.39. The Morgan fingerprint density at radius 1 is 1.45 bits per heavy atom. The second-order valence-electron chi connectivity index (χ2n) is 2.06. The van der Waals surface area contributed by atoms with E-state index in [1.165, 1.54) is 18.9 Å². The van der Waals surface area contributed by atoms with Crippen molar-refractivity contribution < 1.29 is 4.79 Å². The molecule has 0 aromatic heterocycles. The molecular weight excluding hydrogens is 158 g/mol. The summed E-state index contributed by atoms with van der Waals surface area (Å²) in [5, 5.41) is 0. The predicted molar refractivity (Wildman–Crippen MR) is 50.0 cm³/mol. The molecule has 0 spiro atoms. The van der Waals surface area contributed by atoms with Gasteiger partial charge in [-0.15, -0.1) is 0 Å². The summed E-state index contributed by atoms with van der Waals surface area (Å²) >= 11 is 1.33. The second kappa shape index (κ2) is 6.04. The lowest BCUT2D eigenvalue weighted by molar-refractivity contribution is -0.117. The minimum Gasteiger partial charge on any atom is -0.297 e. The number of carbonyl (C=O) groups is 1. The first-order chi connectivity index (χ1) is 5.16. The fourth-order valence-corrected chi connectivity index (χ4v) is 0.869. The number of nitrogens with one attached hydrogen (secondary N) is 1. The summed E-state index contributed by atoms with van der Waals surface area (Å²) in [6, 6.07) is 0. The van der Waals surface area contributed by atoms with Crippen molar-refractivity contribution in [2.75, 3.05) is 0 Å². The molecule has 0 aliphatic carbocycles. The van der Waals surface area contributed by atoms with Gasteiger partial charge >= 0.3 is 0 Å². The van der Waals surface area contributed by atoms with Gasteiger partial charge in [0.1, 0.15) is 0 Å². The van der Waals surface area contributed by atoms with E-state index in [1.807, 2.05) is 32.1 Å². The highest BCUT2D eigenvalue weighted by Gasteiger charge is 1.90. The molecule has 0 aliphatic heterocycles. The van der Waals surface area contributed by atoms with Gasteiger partial charge in [-0.2, -0.15) is 0 Å². The van der Waals surface area contributed by atoms with Gasteiger partial charge in [0.05, 0.1) is 0 Å². The maximum Gasteiger partial charge on any atom is 0.226 e. The first kappa shape index (κ1) is 10.3. The Labute approximate surface area is 71.9 Å². The lowest BCUT2D eigenvalue weighted by Crippen LogP contribution is -2.09. The molecule has 0 saturated carbocycles.